The smallest absolute Gasteiger partial charge is 0.407 e. The molecule has 2 aromatic heterocycles. The molecule has 0 unspecified atom stereocenters. The van der Waals surface area contributed by atoms with E-state index < -0.39 is 24.3 Å². The molecule has 2 aliphatic rings. The van der Waals surface area contributed by atoms with Gasteiger partial charge in [-0.3, -0.25) is 9.59 Å². The Hall–Kier alpha value is -5.66. The number of likely N-dealkylation sites (tertiary alicyclic amines) is 2. The van der Waals surface area contributed by atoms with Crippen LogP contribution in [0.15, 0.2) is 60.9 Å². The van der Waals surface area contributed by atoms with Crippen LogP contribution < -0.4 is 10.6 Å². The lowest BCUT2D eigenvalue weighted by molar-refractivity contribution is -0.136. The molecule has 4 atom stereocenters. The first-order chi connectivity index (χ1) is 25.4. The van der Waals surface area contributed by atoms with Crippen molar-refractivity contribution in [3.8, 4) is 33.6 Å². The number of carboxylic acid groups (broad SMARTS) is 1. The van der Waals surface area contributed by atoms with E-state index >= 15 is 0 Å². The topological polar surface area (TPSA) is 186 Å². The van der Waals surface area contributed by atoms with Crippen molar-refractivity contribution in [2.75, 3.05) is 20.2 Å². The highest BCUT2D eigenvalue weighted by Gasteiger charge is 2.39. The van der Waals surface area contributed by atoms with Crippen molar-refractivity contribution < 1.29 is 29.0 Å². The third kappa shape index (κ3) is 8.06. The van der Waals surface area contributed by atoms with Gasteiger partial charge in [0.05, 0.1) is 43.0 Å². The second kappa shape index (κ2) is 15.9. The van der Waals surface area contributed by atoms with Crippen LogP contribution in [0.3, 0.4) is 0 Å². The number of hydrogen-bond acceptors (Lipinski definition) is 7. The summed E-state index contributed by atoms with van der Waals surface area (Å²) < 4.78 is 4.75. The van der Waals surface area contributed by atoms with Gasteiger partial charge in [0.25, 0.3) is 0 Å². The molecule has 53 heavy (non-hydrogen) atoms. The fraction of sp³-hybridized carbons (Fsp3) is 0.436. The Balaban J connectivity index is 1.11. The Bertz CT molecular complexity index is 1920. The number of benzene rings is 2. The third-order valence-electron chi connectivity index (χ3n) is 10.2. The minimum atomic E-state index is -1.21. The Morgan fingerprint density at radius 1 is 0.698 bits per heavy atom. The first-order valence-electron chi connectivity index (χ1n) is 18.2. The Morgan fingerprint density at radius 3 is 1.47 bits per heavy atom. The van der Waals surface area contributed by atoms with Gasteiger partial charge in [-0.1, -0.05) is 76.2 Å². The fourth-order valence-corrected chi connectivity index (χ4v) is 7.32. The van der Waals surface area contributed by atoms with Crippen molar-refractivity contribution in [3.63, 3.8) is 0 Å². The number of H-pyrrole nitrogens is 2. The first-order valence-corrected chi connectivity index (χ1v) is 18.2. The van der Waals surface area contributed by atoms with E-state index in [2.05, 4.69) is 54.8 Å². The molecule has 2 aromatic carbocycles. The zero-order valence-corrected chi connectivity index (χ0v) is 30.8. The maximum absolute atomic E-state index is 13.5. The quantitative estimate of drug-likeness (QED) is 0.122. The number of carbonyl (C=O) groups excluding carboxylic acids is 3. The number of methoxy groups -OCH3 is 1. The molecule has 0 spiro atoms. The van der Waals surface area contributed by atoms with Crippen molar-refractivity contribution in [3.05, 3.63) is 72.6 Å². The minimum Gasteiger partial charge on any atom is -0.465 e. The number of rotatable bonds is 11. The van der Waals surface area contributed by atoms with E-state index in [1.165, 1.54) is 7.11 Å². The number of nitrogens with zero attached hydrogens (tertiary/aromatic N) is 4. The van der Waals surface area contributed by atoms with E-state index in [1.807, 2.05) is 52.0 Å². The van der Waals surface area contributed by atoms with Crippen molar-refractivity contribution in [2.45, 2.75) is 77.5 Å². The maximum Gasteiger partial charge on any atom is 0.407 e. The molecule has 4 aromatic rings. The lowest BCUT2D eigenvalue weighted by atomic mass is 10.0. The minimum absolute atomic E-state index is 0.107. The van der Waals surface area contributed by atoms with Gasteiger partial charge in [-0.15, -0.1) is 0 Å². The second-order valence-electron chi connectivity index (χ2n) is 14.4. The molecular weight excluding hydrogens is 676 g/mol. The number of alkyl carbamates (subject to hydrolysis) is 1. The summed E-state index contributed by atoms with van der Waals surface area (Å²) in [6.07, 6.45) is 4.91. The van der Waals surface area contributed by atoms with Gasteiger partial charge in [0.1, 0.15) is 23.7 Å². The van der Waals surface area contributed by atoms with Crippen LogP contribution in [0.25, 0.3) is 33.6 Å². The van der Waals surface area contributed by atoms with E-state index in [4.69, 9.17) is 4.74 Å². The van der Waals surface area contributed by atoms with Crippen LogP contribution in [0.4, 0.5) is 9.59 Å². The molecule has 2 fully saturated rings. The monoisotopic (exact) mass is 724 g/mol. The highest BCUT2D eigenvalue weighted by Crippen LogP contribution is 2.35. The van der Waals surface area contributed by atoms with E-state index in [1.54, 1.807) is 22.2 Å². The zero-order valence-electron chi connectivity index (χ0n) is 30.8. The van der Waals surface area contributed by atoms with Crippen molar-refractivity contribution in [2.24, 2.45) is 11.8 Å². The predicted molar refractivity (Wildman–Crippen MR) is 198 cm³/mol. The number of aromatic nitrogens is 4. The Kier molecular flexibility index (Phi) is 11.2. The van der Waals surface area contributed by atoms with Gasteiger partial charge < -0.3 is 40.2 Å². The normalized spacial score (nSPS) is 18.3. The second-order valence-corrected chi connectivity index (χ2v) is 14.4. The summed E-state index contributed by atoms with van der Waals surface area (Å²) in [5.41, 5.74) is 5.70. The maximum atomic E-state index is 13.5. The Labute approximate surface area is 308 Å². The average Bonchev–Trinajstić information content (AvgIpc) is 3.98. The lowest BCUT2D eigenvalue weighted by Gasteiger charge is -2.30. The molecule has 5 N–H and O–H groups in total. The highest BCUT2D eigenvalue weighted by molar-refractivity contribution is 5.87. The number of ether oxygens (including phenoxy) is 1. The molecule has 14 nitrogen and oxygen atoms in total. The molecule has 0 saturated carbocycles. The summed E-state index contributed by atoms with van der Waals surface area (Å²) in [6, 6.07) is 14.4. The molecule has 2 aliphatic heterocycles. The van der Waals surface area contributed by atoms with Crippen LogP contribution in [-0.2, 0) is 14.3 Å². The fourth-order valence-electron chi connectivity index (χ4n) is 7.32. The summed E-state index contributed by atoms with van der Waals surface area (Å²) in [6.45, 7) is 8.59. The van der Waals surface area contributed by atoms with E-state index in [0.29, 0.717) is 18.9 Å². The number of amides is 4. The van der Waals surface area contributed by atoms with Crippen LogP contribution in [0, 0.1) is 11.8 Å². The molecule has 4 amide bonds. The lowest BCUT2D eigenvalue weighted by Crippen LogP contribution is -2.51. The summed E-state index contributed by atoms with van der Waals surface area (Å²) in [7, 11) is 1.29. The summed E-state index contributed by atoms with van der Waals surface area (Å²) >= 11 is 0. The van der Waals surface area contributed by atoms with E-state index in [-0.39, 0.29) is 35.7 Å². The SMILES string of the molecule is COC(=O)N[C@H](C(=O)N1CCC[C@@H]1c1ncc(-c2ccc(-c3ccc(-c4cnc([C@H]5CCCN5C(=O)[C@@H](NC(=O)O)C(C)C)[nH]4)cc3)cc2)[nH]1)C(C)C. The van der Waals surface area contributed by atoms with Crippen LogP contribution in [0.2, 0.25) is 0 Å². The van der Waals surface area contributed by atoms with Gasteiger partial charge >= 0.3 is 12.2 Å². The molecule has 0 aliphatic carbocycles. The van der Waals surface area contributed by atoms with Crippen LogP contribution >= 0.6 is 0 Å². The van der Waals surface area contributed by atoms with Crippen LogP contribution in [-0.4, -0.2) is 91.1 Å². The molecule has 14 heteroatoms. The van der Waals surface area contributed by atoms with Crippen LogP contribution in [0.1, 0.15) is 77.1 Å². The number of hydrogen-bond donors (Lipinski definition) is 5. The van der Waals surface area contributed by atoms with E-state index in [0.717, 1.165) is 65.1 Å². The van der Waals surface area contributed by atoms with Gasteiger partial charge in [0.15, 0.2) is 0 Å². The largest absolute Gasteiger partial charge is 0.465 e. The average molecular weight is 725 g/mol. The highest BCUT2D eigenvalue weighted by atomic mass is 16.5. The summed E-state index contributed by atoms with van der Waals surface area (Å²) in [5.74, 6) is 0.737. The summed E-state index contributed by atoms with van der Waals surface area (Å²) in [5, 5.41) is 14.3. The van der Waals surface area contributed by atoms with Gasteiger partial charge in [0.2, 0.25) is 11.8 Å². The van der Waals surface area contributed by atoms with Crippen molar-refractivity contribution >= 4 is 24.0 Å². The molecule has 0 bridgehead atoms. The summed E-state index contributed by atoms with van der Waals surface area (Å²) in [4.78, 5) is 69.8. The van der Waals surface area contributed by atoms with Crippen LogP contribution in [0.5, 0.6) is 0 Å². The molecule has 4 heterocycles. The van der Waals surface area contributed by atoms with Gasteiger partial charge in [-0.05, 0) is 59.8 Å². The van der Waals surface area contributed by atoms with E-state index in [9.17, 15) is 24.3 Å². The molecule has 0 radical (unpaired) electrons. The van der Waals surface area contributed by atoms with Gasteiger partial charge in [-0.25, -0.2) is 19.6 Å². The third-order valence-corrected chi connectivity index (χ3v) is 10.2. The molecular formula is C39H48N8O6. The number of imidazole rings is 2. The number of aromatic amines is 2. The molecule has 280 valence electrons. The van der Waals surface area contributed by atoms with Gasteiger partial charge in [0, 0.05) is 13.1 Å². The number of nitrogens with one attached hydrogen (secondary N) is 4. The Morgan fingerprint density at radius 2 is 1.09 bits per heavy atom. The number of carbonyl (C=O) groups is 4. The molecule has 6 rings (SSSR count). The van der Waals surface area contributed by atoms with Crippen molar-refractivity contribution in [1.29, 1.82) is 0 Å². The van der Waals surface area contributed by atoms with Gasteiger partial charge in [-0.2, -0.15) is 0 Å². The van der Waals surface area contributed by atoms with Crippen molar-refractivity contribution in [1.82, 2.24) is 40.4 Å². The molecule has 2 saturated heterocycles. The standard InChI is InChI=1S/C39H48N8O6/c1-22(2)32(44-38(50)51)36(48)46-18-6-8-30(46)34-40-20-28(42-34)26-14-10-24(11-15-26)25-12-16-27(17-13-25)29-21-41-35(43-29)31-9-7-19-47(31)37(49)33(23(3)4)45-39(52)53-5/h10-17,20-23,30-33,44H,6-9,18-19H2,1-5H3,(H,40,42)(H,41,43)(H,45,52)(H,50,51)/t30-,31-,32+,33+/m1/s1. The zero-order chi connectivity index (χ0) is 37.8. The predicted octanol–water partition coefficient (Wildman–Crippen LogP) is 6.13. The first kappa shape index (κ1) is 37.1.